The topological polar surface area (TPSA) is 79.6 Å². The highest BCUT2D eigenvalue weighted by molar-refractivity contribution is 7.89. The van der Waals surface area contributed by atoms with Gasteiger partial charge in [-0.2, -0.15) is 0 Å². The molecule has 25 heavy (non-hydrogen) atoms. The summed E-state index contributed by atoms with van der Waals surface area (Å²) in [5, 5.41) is 0. The fraction of sp³-hybridized carbons (Fsp3) is 0.722. The van der Waals surface area contributed by atoms with Gasteiger partial charge in [-0.25, -0.2) is 13.1 Å². The molecule has 0 aromatic carbocycles. The Labute approximate surface area is 150 Å². The van der Waals surface area contributed by atoms with E-state index in [4.69, 9.17) is 4.42 Å². The molecule has 3 rings (SSSR count). The molecule has 140 valence electrons. The van der Waals surface area contributed by atoms with Crippen LogP contribution in [0, 0.1) is 16.7 Å². The van der Waals surface area contributed by atoms with E-state index in [0.29, 0.717) is 24.5 Å². The zero-order chi connectivity index (χ0) is 18.5. The standard InChI is InChI=1S/C18H28N2O4S/c1-17(2)13-7-8-18(17,16(21)10-13)12-25(22,23)19-11-14(20(3)4)15-6-5-9-24-15/h5-6,9,13-14,19H,7-8,10-12H2,1-4H3/t13-,14-,18-/m0/s1. The van der Waals surface area contributed by atoms with Crippen LogP contribution in [0.5, 0.6) is 0 Å². The molecule has 0 radical (unpaired) electrons. The third kappa shape index (κ3) is 3.06. The van der Waals surface area contributed by atoms with E-state index in [-0.39, 0.29) is 29.5 Å². The molecule has 2 saturated carbocycles. The lowest BCUT2D eigenvalue weighted by atomic mass is 9.70. The molecule has 0 saturated heterocycles. The summed E-state index contributed by atoms with van der Waals surface area (Å²) in [7, 11) is 0.189. The Morgan fingerprint density at radius 3 is 2.60 bits per heavy atom. The van der Waals surface area contributed by atoms with Crippen LogP contribution in [0.2, 0.25) is 0 Å². The minimum absolute atomic E-state index is 0.110. The zero-order valence-electron chi connectivity index (χ0n) is 15.4. The zero-order valence-corrected chi connectivity index (χ0v) is 16.2. The summed E-state index contributed by atoms with van der Waals surface area (Å²) in [6, 6.07) is 3.44. The summed E-state index contributed by atoms with van der Waals surface area (Å²) < 4.78 is 33.7. The second kappa shape index (κ2) is 6.21. The number of sulfonamides is 1. The van der Waals surface area contributed by atoms with Gasteiger partial charge in [-0.3, -0.25) is 9.69 Å². The summed E-state index contributed by atoms with van der Waals surface area (Å²) in [4.78, 5) is 14.5. The van der Waals surface area contributed by atoms with Crippen LogP contribution in [-0.2, 0) is 14.8 Å². The number of rotatable bonds is 7. The first kappa shape index (κ1) is 18.6. The van der Waals surface area contributed by atoms with E-state index in [2.05, 4.69) is 18.6 Å². The van der Waals surface area contributed by atoms with E-state index >= 15 is 0 Å². The highest BCUT2D eigenvalue weighted by Gasteiger charge is 2.65. The van der Waals surface area contributed by atoms with Crippen molar-refractivity contribution in [1.29, 1.82) is 0 Å². The average molecular weight is 368 g/mol. The van der Waals surface area contributed by atoms with Gasteiger partial charge in [0.1, 0.15) is 11.5 Å². The van der Waals surface area contributed by atoms with Crippen LogP contribution in [0.15, 0.2) is 22.8 Å². The van der Waals surface area contributed by atoms with E-state index in [1.54, 1.807) is 12.3 Å². The lowest BCUT2D eigenvalue weighted by Gasteiger charge is -2.36. The van der Waals surface area contributed by atoms with E-state index in [1.165, 1.54) is 0 Å². The first-order chi connectivity index (χ1) is 11.6. The first-order valence-corrected chi connectivity index (χ1v) is 10.4. The van der Waals surface area contributed by atoms with Gasteiger partial charge < -0.3 is 4.42 Å². The number of carbonyl (C=O) groups excluding carboxylic acids is 1. The van der Waals surface area contributed by atoms with Crippen LogP contribution in [-0.4, -0.2) is 45.5 Å². The molecule has 0 aliphatic heterocycles. The SMILES string of the molecule is CN(C)[C@@H](CNS(=O)(=O)C[C@@]12CC[C@@H](CC1=O)C2(C)C)c1ccco1. The van der Waals surface area contributed by atoms with Crippen molar-refractivity contribution in [3.05, 3.63) is 24.2 Å². The third-order valence-corrected chi connectivity index (χ3v) is 8.05. The Morgan fingerprint density at radius 1 is 1.40 bits per heavy atom. The van der Waals surface area contributed by atoms with Gasteiger partial charge >= 0.3 is 0 Å². The van der Waals surface area contributed by atoms with Crippen molar-refractivity contribution in [1.82, 2.24) is 9.62 Å². The Hall–Kier alpha value is -1.18. The molecule has 1 aromatic heterocycles. The monoisotopic (exact) mass is 368 g/mol. The van der Waals surface area contributed by atoms with E-state index < -0.39 is 15.4 Å². The summed E-state index contributed by atoms with van der Waals surface area (Å²) >= 11 is 0. The van der Waals surface area contributed by atoms with Gasteiger partial charge in [0.2, 0.25) is 10.0 Å². The number of carbonyl (C=O) groups is 1. The van der Waals surface area contributed by atoms with E-state index in [9.17, 15) is 13.2 Å². The number of likely N-dealkylation sites (N-methyl/N-ethyl adjacent to an activating group) is 1. The third-order valence-electron chi connectivity index (χ3n) is 6.57. The Bertz CT molecular complexity index is 739. The lowest BCUT2D eigenvalue weighted by molar-refractivity contribution is -0.128. The normalized spacial score (nSPS) is 29.5. The highest BCUT2D eigenvalue weighted by atomic mass is 32.2. The molecule has 3 atom stereocenters. The van der Waals surface area contributed by atoms with Crippen molar-refractivity contribution in [3.63, 3.8) is 0 Å². The number of Topliss-reactive ketones (excluding diaryl/α,β-unsaturated/α-hetero) is 1. The second-order valence-electron chi connectivity index (χ2n) is 8.27. The van der Waals surface area contributed by atoms with Crippen LogP contribution < -0.4 is 4.72 Å². The summed E-state index contributed by atoms with van der Waals surface area (Å²) in [5.74, 6) is 1.03. The average Bonchev–Trinajstić information content (AvgIpc) is 3.13. The largest absolute Gasteiger partial charge is 0.468 e. The van der Waals surface area contributed by atoms with Crippen LogP contribution in [0.25, 0.3) is 0 Å². The molecule has 1 aromatic rings. The van der Waals surface area contributed by atoms with Crippen molar-refractivity contribution in [3.8, 4) is 0 Å². The number of nitrogens with one attached hydrogen (secondary N) is 1. The second-order valence-corrected chi connectivity index (χ2v) is 10.1. The van der Waals surface area contributed by atoms with Gasteiger partial charge in [0.15, 0.2) is 0 Å². The molecule has 7 heteroatoms. The van der Waals surface area contributed by atoms with Gasteiger partial charge in [0.25, 0.3) is 0 Å². The molecular formula is C18H28N2O4S. The first-order valence-electron chi connectivity index (χ1n) is 8.79. The molecule has 2 aliphatic carbocycles. The van der Waals surface area contributed by atoms with Crippen LogP contribution >= 0.6 is 0 Å². The molecule has 6 nitrogen and oxygen atoms in total. The molecule has 0 unspecified atom stereocenters. The molecule has 0 amide bonds. The molecule has 0 spiro atoms. The number of furan rings is 1. The van der Waals surface area contributed by atoms with Crippen molar-refractivity contribution in [2.45, 2.75) is 39.2 Å². The van der Waals surface area contributed by atoms with Crippen molar-refractivity contribution >= 4 is 15.8 Å². The van der Waals surface area contributed by atoms with Crippen LogP contribution in [0.4, 0.5) is 0 Å². The van der Waals surface area contributed by atoms with Gasteiger partial charge in [-0.15, -0.1) is 0 Å². The number of fused-ring (bicyclic) bond motifs is 2. The maximum atomic E-state index is 12.8. The lowest BCUT2D eigenvalue weighted by Crippen LogP contribution is -2.46. The number of nitrogens with zero attached hydrogens (tertiary/aromatic N) is 1. The Kier molecular flexibility index (Phi) is 4.62. The quantitative estimate of drug-likeness (QED) is 0.798. The van der Waals surface area contributed by atoms with Crippen LogP contribution in [0.3, 0.4) is 0 Å². The molecule has 2 fully saturated rings. The molecule has 2 aliphatic rings. The molecular weight excluding hydrogens is 340 g/mol. The minimum Gasteiger partial charge on any atom is -0.468 e. The summed E-state index contributed by atoms with van der Waals surface area (Å²) in [6.07, 6.45) is 3.73. The van der Waals surface area contributed by atoms with Crippen molar-refractivity contribution in [2.24, 2.45) is 16.7 Å². The van der Waals surface area contributed by atoms with Crippen LogP contribution in [0.1, 0.15) is 44.9 Å². The van der Waals surface area contributed by atoms with Crippen molar-refractivity contribution < 1.29 is 17.6 Å². The van der Waals surface area contributed by atoms with E-state index in [0.717, 1.165) is 6.42 Å². The molecule has 1 N–H and O–H groups in total. The van der Waals surface area contributed by atoms with Gasteiger partial charge in [0.05, 0.1) is 18.1 Å². The fourth-order valence-corrected chi connectivity index (χ4v) is 6.55. The minimum atomic E-state index is -3.57. The summed E-state index contributed by atoms with van der Waals surface area (Å²) in [5.41, 5.74) is -0.984. The van der Waals surface area contributed by atoms with Crippen molar-refractivity contribution in [2.75, 3.05) is 26.4 Å². The highest BCUT2D eigenvalue weighted by Crippen LogP contribution is 2.64. The maximum Gasteiger partial charge on any atom is 0.212 e. The Balaban J connectivity index is 1.73. The predicted molar refractivity (Wildman–Crippen MR) is 95.5 cm³/mol. The van der Waals surface area contributed by atoms with Gasteiger partial charge in [0, 0.05) is 18.4 Å². The number of ketones is 1. The fourth-order valence-electron chi connectivity index (χ4n) is 4.71. The predicted octanol–water partition coefficient (Wildman–Crippen LogP) is 2.20. The molecule has 2 bridgehead atoms. The maximum absolute atomic E-state index is 12.8. The van der Waals surface area contributed by atoms with Gasteiger partial charge in [-0.05, 0) is 50.4 Å². The van der Waals surface area contributed by atoms with Gasteiger partial charge in [-0.1, -0.05) is 13.8 Å². The smallest absolute Gasteiger partial charge is 0.212 e. The summed E-state index contributed by atoms with van der Waals surface area (Å²) in [6.45, 7) is 4.32. The van der Waals surface area contributed by atoms with E-state index in [1.807, 2.05) is 25.1 Å². The Morgan fingerprint density at radius 2 is 2.12 bits per heavy atom. The number of hydrogen-bond acceptors (Lipinski definition) is 5. The number of hydrogen-bond donors (Lipinski definition) is 1. The molecule has 1 heterocycles.